The van der Waals surface area contributed by atoms with Gasteiger partial charge in [-0.2, -0.15) is 0 Å². The molecule has 1 aliphatic heterocycles. The molecule has 22 heavy (non-hydrogen) atoms. The van der Waals surface area contributed by atoms with Crippen LogP contribution in [0.4, 0.5) is 0 Å². The molecule has 0 amide bonds. The van der Waals surface area contributed by atoms with E-state index in [4.69, 9.17) is 4.74 Å². The fourth-order valence-corrected chi connectivity index (χ4v) is 4.39. The van der Waals surface area contributed by atoms with E-state index in [1.807, 2.05) is 39.2 Å². The van der Waals surface area contributed by atoms with Gasteiger partial charge in [-0.1, -0.05) is 30.3 Å². The predicted octanol–water partition coefficient (Wildman–Crippen LogP) is 1.26. The summed E-state index contributed by atoms with van der Waals surface area (Å²) in [6, 6.07) is 10.2. The first-order valence-electron chi connectivity index (χ1n) is 7.70. The van der Waals surface area contributed by atoms with Crippen LogP contribution >= 0.6 is 0 Å². The molecule has 2 rings (SSSR count). The third kappa shape index (κ3) is 4.52. The van der Waals surface area contributed by atoms with Crippen LogP contribution in [0.15, 0.2) is 30.3 Å². The van der Waals surface area contributed by atoms with Crippen molar-refractivity contribution in [1.29, 1.82) is 0 Å². The Labute approximate surface area is 133 Å². The van der Waals surface area contributed by atoms with Crippen molar-refractivity contribution < 1.29 is 13.2 Å². The number of sulfonamides is 1. The third-order valence-corrected chi connectivity index (χ3v) is 6.25. The molecule has 1 aliphatic rings. The minimum Gasteiger partial charge on any atom is -0.377 e. The normalized spacial score (nSPS) is 23.8. The average molecular weight is 326 g/mol. The highest BCUT2D eigenvalue weighted by molar-refractivity contribution is 7.90. The summed E-state index contributed by atoms with van der Waals surface area (Å²) in [6.45, 7) is 2.76. The fraction of sp³-hybridized carbons (Fsp3) is 0.625. The number of ether oxygens (including phenoxy) is 1. The summed E-state index contributed by atoms with van der Waals surface area (Å²) < 4.78 is 33.0. The first kappa shape index (κ1) is 17.4. The van der Waals surface area contributed by atoms with Crippen molar-refractivity contribution in [3.63, 3.8) is 0 Å². The van der Waals surface area contributed by atoms with E-state index in [-0.39, 0.29) is 12.1 Å². The average Bonchev–Trinajstić information content (AvgIpc) is 2.91. The van der Waals surface area contributed by atoms with E-state index in [0.29, 0.717) is 19.6 Å². The van der Waals surface area contributed by atoms with E-state index in [9.17, 15) is 8.42 Å². The lowest BCUT2D eigenvalue weighted by molar-refractivity contribution is 0.126. The number of likely N-dealkylation sites (N-methyl/N-ethyl adjacent to an activating group) is 1. The van der Waals surface area contributed by atoms with Crippen LogP contribution in [0.25, 0.3) is 0 Å². The van der Waals surface area contributed by atoms with Crippen molar-refractivity contribution in [2.24, 2.45) is 0 Å². The molecule has 0 bridgehead atoms. The number of hydrogen-bond acceptors (Lipinski definition) is 4. The summed E-state index contributed by atoms with van der Waals surface area (Å²) >= 11 is 0. The first-order chi connectivity index (χ1) is 10.4. The van der Waals surface area contributed by atoms with E-state index >= 15 is 0 Å². The quantitative estimate of drug-likeness (QED) is 0.819. The fourth-order valence-electron chi connectivity index (χ4n) is 2.76. The largest absolute Gasteiger partial charge is 0.377 e. The molecule has 0 saturated carbocycles. The second-order valence-electron chi connectivity index (χ2n) is 6.10. The van der Waals surface area contributed by atoms with Gasteiger partial charge in [-0.05, 0) is 39.4 Å². The first-order valence-corrected chi connectivity index (χ1v) is 9.25. The van der Waals surface area contributed by atoms with Crippen LogP contribution in [0.5, 0.6) is 0 Å². The van der Waals surface area contributed by atoms with E-state index in [0.717, 1.165) is 6.42 Å². The molecule has 0 unspecified atom stereocenters. The lowest BCUT2D eigenvalue weighted by atomic mass is 10.1. The van der Waals surface area contributed by atoms with Gasteiger partial charge in [0.1, 0.15) is 5.25 Å². The Balaban J connectivity index is 1.97. The Hall–Kier alpha value is -0.950. The number of rotatable bonds is 7. The van der Waals surface area contributed by atoms with E-state index in [1.54, 1.807) is 0 Å². The molecule has 1 fully saturated rings. The molecule has 1 saturated heterocycles. The molecule has 6 heteroatoms. The molecule has 0 aromatic heterocycles. The van der Waals surface area contributed by atoms with Crippen LogP contribution in [-0.2, 0) is 21.2 Å². The van der Waals surface area contributed by atoms with Crippen molar-refractivity contribution in [1.82, 2.24) is 9.62 Å². The summed E-state index contributed by atoms with van der Waals surface area (Å²) in [7, 11) is 0.619. The highest BCUT2D eigenvalue weighted by Gasteiger charge is 2.35. The van der Waals surface area contributed by atoms with Crippen LogP contribution in [0.1, 0.15) is 18.9 Å². The molecule has 5 nitrogen and oxygen atoms in total. The number of nitrogens with zero attached hydrogens (tertiary/aromatic N) is 1. The smallest absolute Gasteiger partial charge is 0.217 e. The summed E-state index contributed by atoms with van der Waals surface area (Å²) in [5, 5.41) is -0.438. The van der Waals surface area contributed by atoms with Crippen LogP contribution in [0, 0.1) is 0 Å². The Morgan fingerprint density at radius 3 is 2.55 bits per heavy atom. The summed E-state index contributed by atoms with van der Waals surface area (Å²) in [6.07, 6.45) is 1.15. The monoisotopic (exact) mass is 326 g/mol. The van der Waals surface area contributed by atoms with Gasteiger partial charge in [-0.15, -0.1) is 0 Å². The zero-order chi connectivity index (χ0) is 16.2. The van der Waals surface area contributed by atoms with Gasteiger partial charge in [0.25, 0.3) is 0 Å². The van der Waals surface area contributed by atoms with Crippen molar-refractivity contribution in [3.8, 4) is 0 Å². The molecule has 1 heterocycles. The predicted molar refractivity (Wildman–Crippen MR) is 88.4 cm³/mol. The molecule has 0 spiro atoms. The SMILES string of the molecule is C[C@@H]1OCC[C@@H]1S(=O)(=O)NC[C@H](Cc1ccccc1)N(C)C. The van der Waals surface area contributed by atoms with Crippen molar-refractivity contribution in [2.75, 3.05) is 27.2 Å². The second-order valence-corrected chi connectivity index (χ2v) is 8.09. The van der Waals surface area contributed by atoms with Crippen molar-refractivity contribution in [2.45, 2.75) is 37.2 Å². The Kier molecular flexibility index (Phi) is 5.97. The van der Waals surface area contributed by atoms with E-state index in [1.165, 1.54) is 5.56 Å². The number of hydrogen-bond donors (Lipinski definition) is 1. The minimum atomic E-state index is -3.33. The molecule has 0 aliphatic carbocycles. The standard InChI is InChI=1S/C16H26N2O3S/c1-13-16(9-10-21-13)22(19,20)17-12-15(18(2)3)11-14-7-5-4-6-8-14/h4-8,13,15-17H,9-12H2,1-3H3/t13-,15-,16-/m0/s1. The van der Waals surface area contributed by atoms with E-state index < -0.39 is 15.3 Å². The minimum absolute atomic E-state index is 0.120. The van der Waals surface area contributed by atoms with Crippen LogP contribution in [0.3, 0.4) is 0 Å². The van der Waals surface area contributed by atoms with Gasteiger partial charge in [-0.25, -0.2) is 13.1 Å². The van der Waals surface area contributed by atoms with Gasteiger partial charge >= 0.3 is 0 Å². The number of benzene rings is 1. The van der Waals surface area contributed by atoms with Gasteiger partial charge in [0, 0.05) is 19.2 Å². The van der Waals surface area contributed by atoms with Gasteiger partial charge in [0.15, 0.2) is 0 Å². The van der Waals surface area contributed by atoms with Gasteiger partial charge in [0.05, 0.1) is 6.10 Å². The third-order valence-electron chi connectivity index (χ3n) is 4.27. The van der Waals surface area contributed by atoms with Crippen LogP contribution in [-0.4, -0.2) is 58.0 Å². The summed E-state index contributed by atoms with van der Waals surface area (Å²) in [5.74, 6) is 0. The maximum absolute atomic E-state index is 12.4. The lowest BCUT2D eigenvalue weighted by Gasteiger charge is -2.26. The molecule has 1 aromatic carbocycles. The molecule has 1 N–H and O–H groups in total. The molecule has 0 radical (unpaired) electrons. The molecular weight excluding hydrogens is 300 g/mol. The van der Waals surface area contributed by atoms with Crippen molar-refractivity contribution in [3.05, 3.63) is 35.9 Å². The van der Waals surface area contributed by atoms with E-state index in [2.05, 4.69) is 21.8 Å². The lowest BCUT2D eigenvalue weighted by Crippen LogP contribution is -2.45. The molecule has 1 aromatic rings. The van der Waals surface area contributed by atoms with Crippen LogP contribution < -0.4 is 4.72 Å². The Morgan fingerprint density at radius 2 is 2.00 bits per heavy atom. The molecule has 3 atom stereocenters. The van der Waals surface area contributed by atoms with Gasteiger partial charge in [0.2, 0.25) is 10.0 Å². The highest BCUT2D eigenvalue weighted by atomic mass is 32.2. The number of nitrogens with one attached hydrogen (secondary N) is 1. The zero-order valence-electron chi connectivity index (χ0n) is 13.5. The second kappa shape index (κ2) is 7.55. The summed E-state index contributed by atoms with van der Waals surface area (Å²) in [5.41, 5.74) is 1.21. The van der Waals surface area contributed by atoms with Crippen LogP contribution in [0.2, 0.25) is 0 Å². The van der Waals surface area contributed by atoms with Crippen molar-refractivity contribution >= 4 is 10.0 Å². The Bertz CT molecular complexity index is 560. The van der Waals surface area contributed by atoms with Gasteiger partial charge in [-0.3, -0.25) is 0 Å². The Morgan fingerprint density at radius 1 is 1.32 bits per heavy atom. The topological polar surface area (TPSA) is 58.6 Å². The van der Waals surface area contributed by atoms with Gasteiger partial charge < -0.3 is 9.64 Å². The highest BCUT2D eigenvalue weighted by Crippen LogP contribution is 2.20. The zero-order valence-corrected chi connectivity index (χ0v) is 14.3. The molecular formula is C16H26N2O3S. The summed E-state index contributed by atoms with van der Waals surface area (Å²) in [4.78, 5) is 2.06. The maximum atomic E-state index is 12.4. The molecule has 124 valence electrons. The maximum Gasteiger partial charge on any atom is 0.217 e.